The molecule has 0 saturated heterocycles. The summed E-state index contributed by atoms with van der Waals surface area (Å²) in [6.07, 6.45) is 0. The van der Waals surface area contributed by atoms with E-state index in [-0.39, 0.29) is 40.7 Å². The molecule has 0 radical (unpaired) electrons. The van der Waals surface area contributed by atoms with Crippen LogP contribution in [-0.4, -0.2) is 8.07 Å². The van der Waals surface area contributed by atoms with E-state index >= 15 is 0 Å². The summed E-state index contributed by atoms with van der Waals surface area (Å²) in [6, 6.07) is 41.7. The van der Waals surface area contributed by atoms with Gasteiger partial charge in [-0.05, 0) is 36.1 Å². The quantitative estimate of drug-likeness (QED) is 0.118. The normalized spacial score (nSPS) is 11.4. The summed E-state index contributed by atoms with van der Waals surface area (Å²) >= 11 is 0. The van der Waals surface area contributed by atoms with Crippen LogP contribution in [0.2, 0.25) is 11.1 Å². The van der Waals surface area contributed by atoms with E-state index in [0.29, 0.717) is 11.1 Å². The third kappa shape index (κ3) is 5.61. The fraction of sp³-hybridized carbons (Fsp3) is 0.200. The van der Waals surface area contributed by atoms with E-state index in [9.17, 15) is 0 Å². The van der Waals surface area contributed by atoms with Crippen molar-refractivity contribution >= 4 is 40.0 Å². The molecule has 0 aromatic heterocycles. The van der Waals surface area contributed by atoms with E-state index in [0.717, 1.165) is 0 Å². The molecule has 0 nitrogen and oxygen atoms in total. The Morgan fingerprint density at radius 2 is 0.881 bits per heavy atom. The molecule has 0 spiro atoms. The molecule has 0 saturated carbocycles. The molecule has 0 bridgehead atoms. The summed E-state index contributed by atoms with van der Waals surface area (Å²) in [5, 5.41) is 8.61. The second kappa shape index (κ2) is 13.2. The number of fused-ring (bicyclic) bond motifs is 2. The molecule has 6 aromatic rings. The van der Waals surface area contributed by atoms with Gasteiger partial charge in [-0.3, -0.25) is 0 Å². The standard InChI is InChI=1S/C38H38Si.2CH3.Hf/c1-25(2)39(26(3)4,33-21-31-9-7-11-35(37(31)23-33)29-17-13-27(5)14-18-29)34-22-32-10-8-12-36(38(32)24-34)30-19-15-28(6)16-20-30;;;/h7-26H,1-6H3;2*1H3;/q-2;2*-1;+4. The second-order valence-electron chi connectivity index (χ2n) is 12.0. The Hall–Kier alpha value is -2.81. The minimum absolute atomic E-state index is 0. The number of hydrogen-bond acceptors (Lipinski definition) is 0. The fourth-order valence-corrected chi connectivity index (χ4v) is 13.0. The van der Waals surface area contributed by atoms with Crippen LogP contribution in [0.3, 0.4) is 0 Å². The first-order valence-electron chi connectivity index (χ1n) is 14.3. The van der Waals surface area contributed by atoms with Crippen LogP contribution in [0, 0.1) is 28.7 Å². The van der Waals surface area contributed by atoms with Crippen molar-refractivity contribution in [3.8, 4) is 22.3 Å². The van der Waals surface area contributed by atoms with Crippen molar-refractivity contribution in [1.82, 2.24) is 0 Å². The van der Waals surface area contributed by atoms with E-state index in [1.807, 2.05) is 0 Å². The van der Waals surface area contributed by atoms with E-state index in [4.69, 9.17) is 0 Å². The van der Waals surface area contributed by atoms with Crippen molar-refractivity contribution in [2.45, 2.75) is 52.6 Å². The monoisotopic (exact) mass is 732 g/mol. The maximum atomic E-state index is 2.55. The average Bonchev–Trinajstić information content (AvgIpc) is 3.54. The van der Waals surface area contributed by atoms with Crippen LogP contribution >= 0.6 is 0 Å². The van der Waals surface area contributed by atoms with Gasteiger partial charge in [0.2, 0.25) is 0 Å². The largest absolute Gasteiger partial charge is 4.00 e. The van der Waals surface area contributed by atoms with Crippen molar-refractivity contribution in [2.24, 2.45) is 0 Å². The fourth-order valence-electron chi connectivity index (χ4n) is 7.08. The van der Waals surface area contributed by atoms with Crippen LogP contribution in [0.25, 0.3) is 43.8 Å². The average molecular weight is 731 g/mol. The van der Waals surface area contributed by atoms with E-state index < -0.39 is 8.07 Å². The molecule has 0 heterocycles. The summed E-state index contributed by atoms with van der Waals surface area (Å²) in [7, 11) is -2.13. The maximum Gasteiger partial charge on any atom is 4.00 e. The Bertz CT molecular complexity index is 1630. The molecule has 0 aliphatic carbocycles. The zero-order valence-electron chi connectivity index (χ0n) is 26.5. The Balaban J connectivity index is 0.00000161. The van der Waals surface area contributed by atoms with Gasteiger partial charge in [-0.1, -0.05) is 111 Å². The molecule has 0 atom stereocenters. The van der Waals surface area contributed by atoms with Gasteiger partial charge in [-0.2, -0.15) is 12.1 Å². The van der Waals surface area contributed by atoms with Gasteiger partial charge in [0, 0.05) is 0 Å². The number of rotatable bonds is 6. The third-order valence-electron chi connectivity index (χ3n) is 9.00. The molecular weight excluding hydrogens is 687 g/mol. The van der Waals surface area contributed by atoms with Crippen molar-refractivity contribution in [1.29, 1.82) is 0 Å². The van der Waals surface area contributed by atoms with Gasteiger partial charge < -0.3 is 14.9 Å². The first-order valence-corrected chi connectivity index (χ1v) is 16.5. The molecule has 0 amide bonds. The van der Waals surface area contributed by atoms with Gasteiger partial charge in [-0.25, -0.2) is 0 Å². The SMILES string of the molecule is Cc1ccc(-c2cccc3[cH-]c([Si](c4cc5c(-c6ccc(C)cc6)cccc5[cH-]4)(C(C)C)C(C)C)cc23)cc1.[CH3-].[CH3-].[Hf+4]. The van der Waals surface area contributed by atoms with Gasteiger partial charge >= 0.3 is 25.8 Å². The summed E-state index contributed by atoms with van der Waals surface area (Å²) in [5.74, 6) is 0. The number of benzene rings is 4. The molecule has 212 valence electrons. The van der Waals surface area contributed by atoms with E-state index in [2.05, 4.69) is 151 Å². The zero-order valence-corrected chi connectivity index (χ0v) is 31.1. The van der Waals surface area contributed by atoms with E-state index in [1.165, 1.54) is 54.9 Å². The summed E-state index contributed by atoms with van der Waals surface area (Å²) in [4.78, 5) is 0. The Kier molecular flexibility index (Phi) is 10.6. The van der Waals surface area contributed by atoms with Gasteiger partial charge in [-0.15, -0.1) is 68.3 Å². The van der Waals surface area contributed by atoms with Crippen LogP contribution in [0.15, 0.2) is 109 Å². The van der Waals surface area contributed by atoms with Crippen LogP contribution in [0.5, 0.6) is 0 Å². The maximum absolute atomic E-state index is 2.55. The van der Waals surface area contributed by atoms with Crippen molar-refractivity contribution in [3.63, 3.8) is 0 Å². The Morgan fingerprint density at radius 3 is 1.21 bits per heavy atom. The number of aryl methyl sites for hydroxylation is 2. The van der Waals surface area contributed by atoms with Crippen LogP contribution in [0.1, 0.15) is 38.8 Å². The number of hydrogen-bond donors (Lipinski definition) is 0. The zero-order chi connectivity index (χ0) is 27.3. The Morgan fingerprint density at radius 1 is 0.524 bits per heavy atom. The van der Waals surface area contributed by atoms with Gasteiger partial charge in [0.25, 0.3) is 0 Å². The molecule has 0 unspecified atom stereocenters. The molecule has 2 heteroatoms. The second-order valence-corrected chi connectivity index (χ2v) is 17.2. The molecule has 6 rings (SSSR count). The minimum Gasteiger partial charge on any atom is -0.358 e. The van der Waals surface area contributed by atoms with Gasteiger partial charge in [0.1, 0.15) is 0 Å². The third-order valence-corrected chi connectivity index (χ3v) is 15.1. The van der Waals surface area contributed by atoms with Crippen molar-refractivity contribution in [2.75, 3.05) is 0 Å². The predicted molar refractivity (Wildman–Crippen MR) is 187 cm³/mol. The summed E-state index contributed by atoms with van der Waals surface area (Å²) in [5.41, 5.74) is 9.00. The molecule has 0 aliphatic heterocycles. The topological polar surface area (TPSA) is 0 Å². The van der Waals surface area contributed by atoms with Crippen LogP contribution in [0.4, 0.5) is 0 Å². The first kappa shape index (κ1) is 33.7. The molecule has 6 aromatic carbocycles. The molecular formula is C40H44HfSi. The summed E-state index contributed by atoms with van der Waals surface area (Å²) in [6.45, 7) is 14.2. The minimum atomic E-state index is -2.13. The predicted octanol–water partition coefficient (Wildman–Crippen LogP) is 10.7. The summed E-state index contributed by atoms with van der Waals surface area (Å²) < 4.78 is 0. The first-order chi connectivity index (χ1) is 18.8. The van der Waals surface area contributed by atoms with Gasteiger partial charge in [0.15, 0.2) is 0 Å². The molecule has 42 heavy (non-hydrogen) atoms. The van der Waals surface area contributed by atoms with Crippen molar-refractivity contribution < 1.29 is 25.8 Å². The van der Waals surface area contributed by atoms with Crippen LogP contribution in [-0.2, 0) is 25.8 Å². The molecule has 0 N–H and O–H groups in total. The molecule has 0 aliphatic rings. The smallest absolute Gasteiger partial charge is 0.358 e. The van der Waals surface area contributed by atoms with Crippen molar-refractivity contribution in [3.05, 3.63) is 135 Å². The molecule has 0 fully saturated rings. The van der Waals surface area contributed by atoms with Crippen LogP contribution < -0.4 is 10.4 Å². The van der Waals surface area contributed by atoms with E-state index in [1.54, 1.807) is 10.4 Å². The Labute approximate surface area is 274 Å². The van der Waals surface area contributed by atoms with Gasteiger partial charge in [0.05, 0.1) is 8.07 Å².